The van der Waals surface area contributed by atoms with Gasteiger partial charge < -0.3 is 14.5 Å². The maximum absolute atomic E-state index is 13.3. The normalized spacial score (nSPS) is 15.3. The molecule has 1 aliphatic rings. The molecule has 0 aromatic heterocycles. The van der Waals surface area contributed by atoms with Crippen LogP contribution in [0.3, 0.4) is 0 Å². The average Bonchev–Trinajstić information content (AvgIpc) is 2.69. The monoisotopic (exact) mass is 392 g/mol. The molecule has 3 rings (SSSR count). The van der Waals surface area contributed by atoms with E-state index in [1.165, 1.54) is 29.2 Å². The molecule has 1 fully saturated rings. The van der Waals surface area contributed by atoms with E-state index >= 15 is 0 Å². The molecule has 0 saturated carbocycles. The number of rotatable bonds is 4. The predicted molar refractivity (Wildman–Crippen MR) is 95.3 cm³/mol. The molecule has 28 heavy (non-hydrogen) atoms. The summed E-state index contributed by atoms with van der Waals surface area (Å²) in [5.74, 6) is -2.99. The van der Waals surface area contributed by atoms with E-state index in [1.807, 2.05) is 0 Å². The molecule has 2 amide bonds. The number of piperazine rings is 1. The number of carbonyl (C=O) groups excluding carboxylic acids is 2. The van der Waals surface area contributed by atoms with Gasteiger partial charge in [0, 0.05) is 37.8 Å². The zero-order valence-electron chi connectivity index (χ0n) is 15.2. The van der Waals surface area contributed by atoms with Crippen molar-refractivity contribution in [2.24, 2.45) is 0 Å². The van der Waals surface area contributed by atoms with E-state index in [-0.39, 0.29) is 43.4 Å². The summed E-state index contributed by atoms with van der Waals surface area (Å²) in [5.41, 5.74) is 0.0569. The van der Waals surface area contributed by atoms with Crippen molar-refractivity contribution in [1.29, 1.82) is 0 Å². The Morgan fingerprint density at radius 2 is 1.61 bits per heavy atom. The van der Waals surface area contributed by atoms with Gasteiger partial charge in [-0.15, -0.1) is 0 Å². The van der Waals surface area contributed by atoms with Crippen LogP contribution >= 0.6 is 0 Å². The topological polar surface area (TPSA) is 49.9 Å². The van der Waals surface area contributed by atoms with Crippen molar-refractivity contribution in [3.05, 3.63) is 65.5 Å². The summed E-state index contributed by atoms with van der Waals surface area (Å²) in [6, 6.07) is 8.53. The van der Waals surface area contributed by atoms with Crippen LogP contribution in [-0.2, 0) is 4.79 Å². The molecule has 2 aromatic rings. The molecule has 2 aromatic carbocycles. The first-order valence-electron chi connectivity index (χ1n) is 8.80. The summed E-state index contributed by atoms with van der Waals surface area (Å²) in [4.78, 5) is 28.0. The van der Waals surface area contributed by atoms with Crippen LogP contribution in [0, 0.1) is 17.5 Å². The van der Waals surface area contributed by atoms with Gasteiger partial charge in [0.15, 0.2) is 17.7 Å². The highest BCUT2D eigenvalue weighted by atomic mass is 19.2. The Labute approximate surface area is 160 Å². The van der Waals surface area contributed by atoms with Gasteiger partial charge in [-0.1, -0.05) is 6.07 Å². The summed E-state index contributed by atoms with van der Waals surface area (Å²) in [6.45, 7) is 2.66. The molecule has 8 heteroatoms. The molecule has 0 aliphatic carbocycles. The summed E-state index contributed by atoms with van der Waals surface area (Å²) >= 11 is 0. The van der Waals surface area contributed by atoms with E-state index in [9.17, 15) is 22.8 Å². The van der Waals surface area contributed by atoms with Gasteiger partial charge in [-0.3, -0.25) is 9.59 Å². The van der Waals surface area contributed by atoms with Crippen molar-refractivity contribution in [2.75, 3.05) is 26.2 Å². The van der Waals surface area contributed by atoms with E-state index < -0.39 is 29.5 Å². The zero-order chi connectivity index (χ0) is 20.3. The van der Waals surface area contributed by atoms with Crippen molar-refractivity contribution in [3.63, 3.8) is 0 Å². The van der Waals surface area contributed by atoms with Crippen LogP contribution in [0.4, 0.5) is 13.2 Å². The molecule has 1 atom stereocenters. The summed E-state index contributed by atoms with van der Waals surface area (Å²) in [5, 5.41) is 0. The average molecular weight is 392 g/mol. The first-order valence-corrected chi connectivity index (χ1v) is 8.80. The fraction of sp³-hybridized carbons (Fsp3) is 0.300. The smallest absolute Gasteiger partial charge is 0.263 e. The minimum Gasteiger partial charge on any atom is -0.481 e. The molecule has 0 N–H and O–H groups in total. The second-order valence-electron chi connectivity index (χ2n) is 6.46. The fourth-order valence-electron chi connectivity index (χ4n) is 2.99. The number of carbonyl (C=O) groups is 2. The lowest BCUT2D eigenvalue weighted by Gasteiger charge is -2.36. The second-order valence-corrected chi connectivity index (χ2v) is 6.46. The highest BCUT2D eigenvalue weighted by molar-refractivity contribution is 5.94. The number of benzene rings is 2. The lowest BCUT2D eigenvalue weighted by Crippen LogP contribution is -2.53. The van der Waals surface area contributed by atoms with Crippen molar-refractivity contribution < 1.29 is 27.5 Å². The third-order valence-electron chi connectivity index (χ3n) is 4.50. The van der Waals surface area contributed by atoms with Crippen molar-refractivity contribution in [2.45, 2.75) is 13.0 Å². The quantitative estimate of drug-likeness (QED) is 0.804. The molecule has 148 valence electrons. The van der Waals surface area contributed by atoms with Gasteiger partial charge >= 0.3 is 0 Å². The van der Waals surface area contributed by atoms with Gasteiger partial charge in [0.05, 0.1) is 0 Å². The first-order chi connectivity index (χ1) is 13.3. The molecule has 1 unspecified atom stereocenters. The molecule has 0 spiro atoms. The van der Waals surface area contributed by atoms with Crippen LogP contribution < -0.4 is 4.74 Å². The molecule has 1 saturated heterocycles. The van der Waals surface area contributed by atoms with E-state index in [0.717, 1.165) is 12.1 Å². The van der Waals surface area contributed by atoms with E-state index in [0.29, 0.717) is 0 Å². The van der Waals surface area contributed by atoms with Crippen molar-refractivity contribution in [1.82, 2.24) is 9.80 Å². The van der Waals surface area contributed by atoms with Crippen molar-refractivity contribution in [3.8, 4) is 5.75 Å². The number of amides is 2. The largest absolute Gasteiger partial charge is 0.481 e. The molecule has 5 nitrogen and oxygen atoms in total. The molecular weight excluding hydrogens is 373 g/mol. The fourth-order valence-corrected chi connectivity index (χ4v) is 2.99. The third-order valence-corrected chi connectivity index (χ3v) is 4.50. The standard InChI is InChI=1S/C20H19F3N2O3/c1-13(28-16-4-2-3-15(21)12-16)19(26)24-7-9-25(10-8-24)20(27)14-5-6-17(22)18(23)11-14/h2-6,11-13H,7-10H2,1H3. The predicted octanol–water partition coefficient (Wildman–Crippen LogP) is 2.86. The van der Waals surface area contributed by atoms with E-state index in [2.05, 4.69) is 0 Å². The maximum atomic E-state index is 13.3. The van der Waals surface area contributed by atoms with Crippen LogP contribution in [-0.4, -0.2) is 53.9 Å². The number of hydrogen-bond acceptors (Lipinski definition) is 3. The van der Waals surface area contributed by atoms with Gasteiger partial charge in [0.2, 0.25) is 0 Å². The van der Waals surface area contributed by atoms with Crippen molar-refractivity contribution >= 4 is 11.8 Å². The number of ether oxygens (including phenoxy) is 1. The zero-order valence-corrected chi connectivity index (χ0v) is 15.2. The van der Waals surface area contributed by atoms with Crippen LogP contribution in [0.1, 0.15) is 17.3 Å². The van der Waals surface area contributed by atoms with Gasteiger partial charge in [-0.05, 0) is 37.3 Å². The molecule has 0 bridgehead atoms. The van der Waals surface area contributed by atoms with Crippen LogP contribution in [0.2, 0.25) is 0 Å². The van der Waals surface area contributed by atoms with Gasteiger partial charge in [-0.2, -0.15) is 0 Å². The van der Waals surface area contributed by atoms with Crippen LogP contribution in [0.25, 0.3) is 0 Å². The lowest BCUT2D eigenvalue weighted by atomic mass is 10.1. The minimum atomic E-state index is -1.08. The maximum Gasteiger partial charge on any atom is 0.263 e. The van der Waals surface area contributed by atoms with Gasteiger partial charge in [0.25, 0.3) is 11.8 Å². The minimum absolute atomic E-state index is 0.0569. The molecule has 0 radical (unpaired) electrons. The number of nitrogens with zero attached hydrogens (tertiary/aromatic N) is 2. The SMILES string of the molecule is CC(Oc1cccc(F)c1)C(=O)N1CCN(C(=O)c2ccc(F)c(F)c2)CC1. The van der Waals surface area contributed by atoms with Gasteiger partial charge in [0.1, 0.15) is 11.6 Å². The summed E-state index contributed by atoms with van der Waals surface area (Å²) < 4.78 is 45.1. The Hall–Kier alpha value is -3.03. The van der Waals surface area contributed by atoms with E-state index in [4.69, 9.17) is 4.74 Å². The number of hydrogen-bond donors (Lipinski definition) is 0. The molecule has 1 aliphatic heterocycles. The van der Waals surface area contributed by atoms with Gasteiger partial charge in [-0.25, -0.2) is 13.2 Å². The Bertz CT molecular complexity index is 883. The van der Waals surface area contributed by atoms with E-state index in [1.54, 1.807) is 17.9 Å². The highest BCUT2D eigenvalue weighted by Gasteiger charge is 2.28. The summed E-state index contributed by atoms with van der Waals surface area (Å²) in [7, 11) is 0. The Morgan fingerprint density at radius 3 is 2.25 bits per heavy atom. The number of halogens is 3. The first kappa shape index (κ1) is 19.7. The molecule has 1 heterocycles. The highest BCUT2D eigenvalue weighted by Crippen LogP contribution is 2.16. The third kappa shape index (κ3) is 4.44. The second kappa shape index (κ2) is 8.33. The van der Waals surface area contributed by atoms with Crippen LogP contribution in [0.15, 0.2) is 42.5 Å². The Balaban J connectivity index is 1.56. The molecular formula is C20H19F3N2O3. The summed E-state index contributed by atoms with van der Waals surface area (Å²) in [6.07, 6.45) is -0.810. The lowest BCUT2D eigenvalue weighted by molar-refractivity contribution is -0.139. The Kier molecular flexibility index (Phi) is 5.87. The Morgan fingerprint density at radius 1 is 0.929 bits per heavy atom. The van der Waals surface area contributed by atoms with Crippen LogP contribution in [0.5, 0.6) is 5.75 Å².